The molecule has 0 atom stereocenters. The van der Waals surface area contributed by atoms with Crippen molar-refractivity contribution in [1.29, 1.82) is 0 Å². The van der Waals surface area contributed by atoms with Crippen LogP contribution in [0.1, 0.15) is 19.8 Å². The normalized spacial score (nSPS) is 11.8. The number of ether oxygens (including phenoxy) is 1. The van der Waals surface area contributed by atoms with E-state index in [0.29, 0.717) is 6.61 Å². The Morgan fingerprint density at radius 1 is 1.38 bits per heavy atom. The third-order valence-corrected chi connectivity index (χ3v) is 3.49. The van der Waals surface area contributed by atoms with Crippen LogP contribution in [0.4, 0.5) is 0 Å². The molecule has 2 nitrogen and oxygen atoms in total. The van der Waals surface area contributed by atoms with Crippen LogP contribution in [-0.2, 0) is 9.53 Å². The second-order valence-corrected chi connectivity index (χ2v) is 10.8. The number of carbonyl (C=O) groups excluding carboxylic acids is 1. The fourth-order valence-corrected chi connectivity index (χ4v) is 2.00. The third kappa shape index (κ3) is 11.2. The Morgan fingerprint density at radius 3 is 2.50 bits per heavy atom. The van der Waals surface area contributed by atoms with E-state index in [0.717, 1.165) is 18.4 Å². The van der Waals surface area contributed by atoms with Crippen molar-refractivity contribution in [3.8, 4) is 0 Å². The van der Waals surface area contributed by atoms with E-state index in [1.165, 1.54) is 13.0 Å². The molecule has 16 heavy (non-hydrogen) atoms. The van der Waals surface area contributed by atoms with E-state index in [1.54, 1.807) is 0 Å². The molecule has 0 aliphatic rings. The molecule has 0 aromatic carbocycles. The maximum absolute atomic E-state index is 10.5. The van der Waals surface area contributed by atoms with Crippen LogP contribution in [0.15, 0.2) is 24.3 Å². The van der Waals surface area contributed by atoms with E-state index in [-0.39, 0.29) is 5.97 Å². The number of allylic oxidation sites excluding steroid dienone is 3. The lowest BCUT2D eigenvalue weighted by molar-refractivity contribution is -0.141. The van der Waals surface area contributed by atoms with Crippen LogP contribution in [0.5, 0.6) is 0 Å². The fraction of sp³-hybridized carbons (Fsp3) is 0.615. The Morgan fingerprint density at radius 2 is 2.00 bits per heavy atom. The van der Waals surface area contributed by atoms with Gasteiger partial charge in [-0.2, -0.15) is 0 Å². The average Bonchev–Trinajstić information content (AvgIpc) is 2.10. The Labute approximate surface area is 100 Å². The van der Waals surface area contributed by atoms with Crippen LogP contribution in [-0.4, -0.2) is 20.7 Å². The molecule has 0 unspecified atom stereocenters. The van der Waals surface area contributed by atoms with Crippen LogP contribution in [0.3, 0.4) is 0 Å². The molecule has 0 N–H and O–H groups in total. The number of esters is 1. The maximum Gasteiger partial charge on any atom is 0.302 e. The van der Waals surface area contributed by atoms with E-state index in [1.807, 2.05) is 0 Å². The fourth-order valence-electron chi connectivity index (χ4n) is 1.18. The summed E-state index contributed by atoms with van der Waals surface area (Å²) in [7, 11) is -0.974. The van der Waals surface area contributed by atoms with Crippen LogP contribution >= 0.6 is 0 Å². The number of hydrogen-bond donors (Lipinski definition) is 0. The molecule has 0 aliphatic carbocycles. The first kappa shape index (κ1) is 15.2. The molecule has 0 aromatic heterocycles. The molecule has 0 rings (SSSR count). The smallest absolute Gasteiger partial charge is 0.302 e. The summed E-state index contributed by atoms with van der Waals surface area (Å²) in [6, 6.07) is 1.19. The van der Waals surface area contributed by atoms with E-state index < -0.39 is 8.07 Å². The SMILES string of the molecule is C=C(/C=C/C[Si](C)(C)C)CCCOC(C)=O. The first-order chi connectivity index (χ1) is 7.31. The molecule has 0 heterocycles. The van der Waals surface area contributed by atoms with Crippen molar-refractivity contribution >= 4 is 14.0 Å². The molecular formula is C13H24O2Si. The predicted molar refractivity (Wildman–Crippen MR) is 72.3 cm³/mol. The van der Waals surface area contributed by atoms with Gasteiger partial charge in [-0.05, 0) is 18.9 Å². The number of hydrogen-bond acceptors (Lipinski definition) is 2. The quantitative estimate of drug-likeness (QED) is 0.293. The van der Waals surface area contributed by atoms with Crippen LogP contribution in [0.25, 0.3) is 0 Å². The molecule has 0 spiro atoms. The van der Waals surface area contributed by atoms with Gasteiger partial charge < -0.3 is 4.74 Å². The van der Waals surface area contributed by atoms with E-state index >= 15 is 0 Å². The predicted octanol–water partition coefficient (Wildman–Crippen LogP) is 3.78. The van der Waals surface area contributed by atoms with Gasteiger partial charge in [0.15, 0.2) is 0 Å². The van der Waals surface area contributed by atoms with Crippen molar-refractivity contribution in [2.75, 3.05) is 6.61 Å². The second-order valence-electron chi connectivity index (χ2n) is 5.27. The van der Waals surface area contributed by atoms with Crippen molar-refractivity contribution < 1.29 is 9.53 Å². The highest BCUT2D eigenvalue weighted by Crippen LogP contribution is 2.11. The lowest BCUT2D eigenvalue weighted by atomic mass is 10.1. The summed E-state index contributed by atoms with van der Waals surface area (Å²) in [5.41, 5.74) is 1.12. The summed E-state index contributed by atoms with van der Waals surface area (Å²) >= 11 is 0. The van der Waals surface area contributed by atoms with Gasteiger partial charge >= 0.3 is 5.97 Å². The van der Waals surface area contributed by atoms with Crippen molar-refractivity contribution in [1.82, 2.24) is 0 Å². The minimum Gasteiger partial charge on any atom is -0.466 e. The zero-order valence-electron chi connectivity index (χ0n) is 11.0. The first-order valence-electron chi connectivity index (χ1n) is 5.79. The number of rotatable bonds is 7. The van der Waals surface area contributed by atoms with Gasteiger partial charge in [0.25, 0.3) is 0 Å². The molecular weight excluding hydrogens is 216 g/mol. The van der Waals surface area contributed by atoms with Gasteiger partial charge in [-0.25, -0.2) is 0 Å². The number of carbonyl (C=O) groups is 1. The van der Waals surface area contributed by atoms with Crippen LogP contribution in [0.2, 0.25) is 25.7 Å². The molecule has 0 fully saturated rings. The highest BCUT2D eigenvalue weighted by atomic mass is 28.3. The molecule has 0 saturated heterocycles. The molecule has 92 valence electrons. The van der Waals surface area contributed by atoms with Gasteiger partial charge in [-0.15, -0.1) is 0 Å². The van der Waals surface area contributed by atoms with E-state index in [2.05, 4.69) is 38.4 Å². The summed E-state index contributed by atoms with van der Waals surface area (Å²) in [4.78, 5) is 10.5. The first-order valence-corrected chi connectivity index (χ1v) is 9.49. The van der Waals surface area contributed by atoms with E-state index in [9.17, 15) is 4.79 Å². The Kier molecular flexibility index (Phi) is 7.05. The molecule has 0 aromatic rings. The third-order valence-electron chi connectivity index (χ3n) is 2.03. The molecule has 0 bridgehead atoms. The topological polar surface area (TPSA) is 26.3 Å². The monoisotopic (exact) mass is 240 g/mol. The zero-order chi connectivity index (χ0) is 12.6. The molecule has 0 saturated carbocycles. The van der Waals surface area contributed by atoms with Gasteiger partial charge in [0.1, 0.15) is 0 Å². The minimum absolute atomic E-state index is 0.208. The highest BCUT2D eigenvalue weighted by molar-refractivity contribution is 6.76. The van der Waals surface area contributed by atoms with Gasteiger partial charge in [0, 0.05) is 15.0 Å². The summed E-state index contributed by atoms with van der Waals surface area (Å²) in [5, 5.41) is 0. The molecule has 3 heteroatoms. The van der Waals surface area contributed by atoms with Gasteiger partial charge in [0.2, 0.25) is 0 Å². The summed E-state index contributed by atoms with van der Waals surface area (Å²) in [6.07, 6.45) is 6.08. The van der Waals surface area contributed by atoms with Crippen LogP contribution < -0.4 is 0 Å². The van der Waals surface area contributed by atoms with Gasteiger partial charge in [-0.3, -0.25) is 4.79 Å². The van der Waals surface area contributed by atoms with Gasteiger partial charge in [-0.1, -0.05) is 43.9 Å². The van der Waals surface area contributed by atoms with Crippen molar-refractivity contribution in [2.45, 2.75) is 45.5 Å². The second kappa shape index (κ2) is 7.44. The maximum atomic E-state index is 10.5. The zero-order valence-corrected chi connectivity index (χ0v) is 12.0. The summed E-state index contributed by atoms with van der Waals surface area (Å²) < 4.78 is 4.85. The largest absolute Gasteiger partial charge is 0.466 e. The summed E-state index contributed by atoms with van der Waals surface area (Å²) in [6.45, 7) is 13.0. The van der Waals surface area contributed by atoms with Gasteiger partial charge in [0.05, 0.1) is 6.61 Å². The van der Waals surface area contributed by atoms with Crippen molar-refractivity contribution in [3.63, 3.8) is 0 Å². The minimum atomic E-state index is -0.974. The Hall–Kier alpha value is -0.833. The lowest BCUT2D eigenvalue weighted by Gasteiger charge is -2.11. The van der Waals surface area contributed by atoms with Crippen LogP contribution in [0, 0.1) is 0 Å². The van der Waals surface area contributed by atoms with Crippen molar-refractivity contribution in [2.24, 2.45) is 0 Å². The van der Waals surface area contributed by atoms with Crippen molar-refractivity contribution in [3.05, 3.63) is 24.3 Å². The molecule has 0 aliphatic heterocycles. The Balaban J connectivity index is 3.63. The Bertz CT molecular complexity index is 262. The standard InChI is InChI=1S/C13H24O2Si/c1-12(8-6-10-15-13(2)14)9-7-11-16(3,4)5/h7,9H,1,6,8,10-11H2,2-5H3/b9-7+. The average molecular weight is 240 g/mol. The molecule has 0 radical (unpaired) electrons. The summed E-state index contributed by atoms with van der Waals surface area (Å²) in [5.74, 6) is -0.208. The highest BCUT2D eigenvalue weighted by Gasteiger charge is 2.09. The molecule has 0 amide bonds. The van der Waals surface area contributed by atoms with E-state index in [4.69, 9.17) is 4.74 Å². The lowest BCUT2D eigenvalue weighted by Crippen LogP contribution is -2.17.